The van der Waals surface area contributed by atoms with Crippen LogP contribution >= 0.6 is 7.14 Å². The van der Waals surface area contributed by atoms with Crippen LogP contribution in [-0.4, -0.2) is 13.3 Å². The molecule has 0 aromatic heterocycles. The molecular weight excluding hydrogens is 210 g/mol. The monoisotopic (exact) mass is 228 g/mol. The molecule has 15 heavy (non-hydrogen) atoms. The van der Waals surface area contributed by atoms with Gasteiger partial charge in [0.05, 0.1) is 0 Å². The Kier molecular flexibility index (Phi) is 3.11. The van der Waals surface area contributed by atoms with Crippen LogP contribution in [-0.2, 0) is 9.98 Å². The average molecular weight is 228 g/mol. The van der Waals surface area contributed by atoms with Crippen LogP contribution in [0.2, 0.25) is 0 Å². The van der Waals surface area contributed by atoms with Crippen molar-refractivity contribution in [2.24, 2.45) is 0 Å². The van der Waals surface area contributed by atoms with Gasteiger partial charge in [-0.1, -0.05) is 32.9 Å². The zero-order chi connectivity index (χ0) is 11.9. The molecule has 0 aliphatic rings. The van der Waals surface area contributed by atoms with Crippen molar-refractivity contribution in [3.63, 3.8) is 0 Å². The minimum atomic E-state index is -2.53. The molecule has 1 rings (SSSR count). The third kappa shape index (κ3) is 2.69. The second-order valence-corrected chi connectivity index (χ2v) is 8.42. The number of rotatable bonds is 1. The van der Waals surface area contributed by atoms with Crippen molar-refractivity contribution in [1.82, 2.24) is 0 Å². The van der Waals surface area contributed by atoms with Crippen LogP contribution in [0.25, 0.3) is 0 Å². The van der Waals surface area contributed by atoms with Gasteiger partial charge in [0.25, 0.3) is 0 Å². The number of hydrogen-bond acceptors (Lipinski definition) is 1. The zero-order valence-corrected chi connectivity index (χ0v) is 10.9. The zero-order valence-electron chi connectivity index (χ0n) is 9.97. The Morgan fingerprint density at radius 3 is 2.13 bits per heavy atom. The van der Waals surface area contributed by atoms with Gasteiger partial charge in [-0.2, -0.15) is 0 Å². The Labute approximate surface area is 91.1 Å². The van der Waals surface area contributed by atoms with Crippen LogP contribution in [0.4, 0.5) is 4.39 Å². The SMILES string of the molecule is CC(C)(C)c1cccc(P(C)(C)=O)c1F. The molecule has 0 N–H and O–H groups in total. The molecule has 0 unspecified atom stereocenters. The highest BCUT2D eigenvalue weighted by Crippen LogP contribution is 2.37. The maximum atomic E-state index is 14.1. The van der Waals surface area contributed by atoms with Gasteiger partial charge in [0.15, 0.2) is 0 Å². The van der Waals surface area contributed by atoms with Gasteiger partial charge in [0.1, 0.15) is 13.0 Å². The molecule has 0 bridgehead atoms. The second kappa shape index (κ2) is 3.75. The van der Waals surface area contributed by atoms with E-state index in [4.69, 9.17) is 0 Å². The molecule has 1 aromatic rings. The summed E-state index contributed by atoms with van der Waals surface area (Å²) in [5.74, 6) is -0.307. The highest BCUT2D eigenvalue weighted by atomic mass is 31.2. The normalized spacial score (nSPS) is 12.9. The van der Waals surface area contributed by atoms with Crippen LogP contribution in [0.1, 0.15) is 26.3 Å². The Hall–Kier alpha value is -0.620. The van der Waals surface area contributed by atoms with Crippen LogP contribution in [0.15, 0.2) is 18.2 Å². The van der Waals surface area contributed by atoms with E-state index < -0.39 is 7.14 Å². The fourth-order valence-corrected chi connectivity index (χ4v) is 2.55. The van der Waals surface area contributed by atoms with Gasteiger partial charge in [0, 0.05) is 5.30 Å². The first-order valence-corrected chi connectivity index (χ1v) is 7.58. The molecule has 1 nitrogen and oxygen atoms in total. The Morgan fingerprint density at radius 1 is 1.20 bits per heavy atom. The Balaban J connectivity index is 3.44. The van der Waals surface area contributed by atoms with E-state index in [-0.39, 0.29) is 11.2 Å². The fourth-order valence-electron chi connectivity index (χ4n) is 1.51. The van der Waals surface area contributed by atoms with E-state index in [0.717, 1.165) is 0 Å². The molecular formula is C12H18FOP. The van der Waals surface area contributed by atoms with Gasteiger partial charge in [-0.25, -0.2) is 4.39 Å². The highest BCUT2D eigenvalue weighted by Gasteiger charge is 2.24. The lowest BCUT2D eigenvalue weighted by molar-refractivity contribution is 0.526. The summed E-state index contributed by atoms with van der Waals surface area (Å²) in [5, 5.41) is 0.356. The molecule has 0 amide bonds. The van der Waals surface area contributed by atoms with E-state index in [1.165, 1.54) is 0 Å². The molecule has 0 spiro atoms. The van der Waals surface area contributed by atoms with Gasteiger partial charge >= 0.3 is 0 Å². The van der Waals surface area contributed by atoms with Gasteiger partial charge in [-0.05, 0) is 30.4 Å². The van der Waals surface area contributed by atoms with Gasteiger partial charge in [-0.3, -0.25) is 0 Å². The molecule has 84 valence electrons. The molecule has 1 aromatic carbocycles. The lowest BCUT2D eigenvalue weighted by Crippen LogP contribution is -2.20. The van der Waals surface area contributed by atoms with E-state index >= 15 is 0 Å². The Bertz CT molecular complexity index is 412. The maximum absolute atomic E-state index is 14.1. The first-order valence-electron chi connectivity index (χ1n) is 4.98. The summed E-state index contributed by atoms with van der Waals surface area (Å²) in [7, 11) is -2.53. The molecule has 0 atom stereocenters. The minimum absolute atomic E-state index is 0.255. The van der Waals surface area contributed by atoms with Gasteiger partial charge in [0.2, 0.25) is 0 Å². The summed E-state index contributed by atoms with van der Waals surface area (Å²) in [5.41, 5.74) is 0.374. The number of benzene rings is 1. The molecule has 0 heterocycles. The summed E-state index contributed by atoms with van der Waals surface area (Å²) in [6, 6.07) is 5.15. The van der Waals surface area contributed by atoms with E-state index in [0.29, 0.717) is 10.9 Å². The fraction of sp³-hybridized carbons (Fsp3) is 0.500. The molecule has 0 aliphatic heterocycles. The first-order chi connectivity index (χ1) is 6.64. The molecule has 0 radical (unpaired) electrons. The van der Waals surface area contributed by atoms with E-state index in [9.17, 15) is 8.96 Å². The third-order valence-corrected chi connectivity index (χ3v) is 3.87. The molecule has 0 saturated carbocycles. The van der Waals surface area contributed by atoms with E-state index in [1.807, 2.05) is 20.8 Å². The number of hydrogen-bond donors (Lipinski definition) is 0. The standard InChI is InChI=1S/C12H18FOP/c1-12(2,3)9-7-6-8-10(11(9)13)15(4,5)14/h6-8H,1-5H3. The Morgan fingerprint density at radius 2 is 1.73 bits per heavy atom. The topological polar surface area (TPSA) is 17.1 Å². The third-order valence-electron chi connectivity index (χ3n) is 2.37. The maximum Gasteiger partial charge on any atom is 0.137 e. The quantitative estimate of drug-likeness (QED) is 0.673. The van der Waals surface area contributed by atoms with Crippen molar-refractivity contribution >= 4 is 12.4 Å². The smallest absolute Gasteiger partial charge is 0.137 e. The lowest BCUT2D eigenvalue weighted by Gasteiger charge is -2.22. The van der Waals surface area contributed by atoms with Crippen molar-refractivity contribution in [2.75, 3.05) is 13.3 Å². The minimum Gasteiger partial charge on any atom is -0.319 e. The van der Waals surface area contributed by atoms with Crippen LogP contribution in [0, 0.1) is 5.82 Å². The van der Waals surface area contributed by atoms with Gasteiger partial charge < -0.3 is 4.57 Å². The summed E-state index contributed by atoms with van der Waals surface area (Å²) >= 11 is 0. The van der Waals surface area contributed by atoms with E-state index in [1.54, 1.807) is 31.5 Å². The van der Waals surface area contributed by atoms with Crippen molar-refractivity contribution < 1.29 is 8.96 Å². The number of halogens is 1. The van der Waals surface area contributed by atoms with Crippen LogP contribution < -0.4 is 5.30 Å². The van der Waals surface area contributed by atoms with E-state index in [2.05, 4.69) is 0 Å². The molecule has 3 heteroatoms. The highest BCUT2D eigenvalue weighted by molar-refractivity contribution is 7.70. The molecule has 0 saturated heterocycles. The molecule has 0 fully saturated rings. The summed E-state index contributed by atoms with van der Waals surface area (Å²) in [4.78, 5) is 0. The van der Waals surface area contributed by atoms with Crippen molar-refractivity contribution in [3.8, 4) is 0 Å². The van der Waals surface area contributed by atoms with Crippen LogP contribution in [0.3, 0.4) is 0 Å². The first kappa shape index (κ1) is 12.4. The largest absolute Gasteiger partial charge is 0.319 e. The second-order valence-electron chi connectivity index (χ2n) is 5.24. The van der Waals surface area contributed by atoms with Crippen LogP contribution in [0.5, 0.6) is 0 Å². The molecule has 0 aliphatic carbocycles. The predicted octanol–water partition coefficient (Wildman–Crippen LogP) is 3.37. The van der Waals surface area contributed by atoms with Crippen molar-refractivity contribution in [3.05, 3.63) is 29.6 Å². The summed E-state index contributed by atoms with van der Waals surface area (Å²) in [6.07, 6.45) is 0. The average Bonchev–Trinajstić information content (AvgIpc) is 1.99. The predicted molar refractivity (Wildman–Crippen MR) is 64.2 cm³/mol. The van der Waals surface area contributed by atoms with Crippen molar-refractivity contribution in [1.29, 1.82) is 0 Å². The summed E-state index contributed by atoms with van der Waals surface area (Å²) in [6.45, 7) is 9.04. The summed E-state index contributed by atoms with van der Waals surface area (Å²) < 4.78 is 26.0. The lowest BCUT2D eigenvalue weighted by atomic mass is 9.87. The van der Waals surface area contributed by atoms with Gasteiger partial charge in [-0.15, -0.1) is 0 Å². The van der Waals surface area contributed by atoms with Crippen molar-refractivity contribution in [2.45, 2.75) is 26.2 Å².